The first-order valence-corrected chi connectivity index (χ1v) is 7.23. The molecular weight excluding hydrogens is 281 g/mol. The molecule has 6 nitrogen and oxygen atoms in total. The number of nitriles is 1. The van der Waals surface area contributed by atoms with Crippen molar-refractivity contribution >= 4 is 19.1 Å². The Morgan fingerprint density at radius 1 is 1.27 bits per heavy atom. The molecule has 2 amide bonds. The highest BCUT2D eigenvalue weighted by Crippen LogP contribution is 2.13. The number of hydrogen-bond donors (Lipinski definition) is 3. The Balaban J connectivity index is 2.45. The Labute approximate surface area is 130 Å². The molecule has 0 saturated heterocycles. The van der Waals surface area contributed by atoms with Gasteiger partial charge in [-0.25, -0.2) is 5.26 Å². The van der Waals surface area contributed by atoms with Crippen molar-refractivity contribution in [2.24, 2.45) is 0 Å². The highest BCUT2D eigenvalue weighted by molar-refractivity contribution is 6.52. The second kappa shape index (κ2) is 10.4. The van der Waals surface area contributed by atoms with E-state index in [0.29, 0.717) is 19.4 Å². The van der Waals surface area contributed by atoms with E-state index in [1.54, 1.807) is 0 Å². The van der Waals surface area contributed by atoms with Gasteiger partial charge in [-0.2, -0.15) is 0 Å². The number of rotatable bonds is 9. The molecule has 0 aliphatic heterocycles. The fourth-order valence-electron chi connectivity index (χ4n) is 1.95. The van der Waals surface area contributed by atoms with Gasteiger partial charge in [0.15, 0.2) is 0 Å². The molecule has 0 fully saturated rings. The Morgan fingerprint density at radius 3 is 2.64 bits per heavy atom. The van der Waals surface area contributed by atoms with Crippen molar-refractivity contribution in [3.8, 4) is 5.97 Å². The van der Waals surface area contributed by atoms with Crippen LogP contribution < -0.4 is 10.6 Å². The molecule has 7 heteroatoms. The van der Waals surface area contributed by atoms with Gasteiger partial charge in [0.25, 0.3) is 7.28 Å². The van der Waals surface area contributed by atoms with Crippen molar-refractivity contribution in [3.63, 3.8) is 0 Å². The van der Waals surface area contributed by atoms with Crippen LogP contribution in [0.1, 0.15) is 12.0 Å². The SMILES string of the molecule is N#CB[C@@H](Cc1ccccc1)C(=O)NCC(=O)NCCCO. The number of carbonyl (C=O) groups is 2. The number of aliphatic hydroxyl groups is 1. The van der Waals surface area contributed by atoms with Gasteiger partial charge in [0.1, 0.15) is 0 Å². The van der Waals surface area contributed by atoms with Crippen LogP contribution in [0, 0.1) is 11.2 Å². The molecule has 0 bridgehead atoms. The van der Waals surface area contributed by atoms with Crippen molar-refractivity contribution in [1.29, 1.82) is 5.26 Å². The molecule has 0 heterocycles. The summed E-state index contributed by atoms with van der Waals surface area (Å²) in [5.41, 5.74) is 0.977. The molecule has 116 valence electrons. The van der Waals surface area contributed by atoms with Crippen molar-refractivity contribution in [3.05, 3.63) is 35.9 Å². The predicted molar refractivity (Wildman–Crippen MR) is 84.4 cm³/mol. The van der Waals surface area contributed by atoms with Gasteiger partial charge in [-0.05, 0) is 24.4 Å². The zero-order chi connectivity index (χ0) is 16.2. The maximum Gasteiger partial charge on any atom is 0.263 e. The van der Waals surface area contributed by atoms with Gasteiger partial charge in [0.05, 0.1) is 6.54 Å². The van der Waals surface area contributed by atoms with Gasteiger partial charge in [-0.15, -0.1) is 0 Å². The largest absolute Gasteiger partial charge is 0.396 e. The number of carbonyl (C=O) groups excluding carboxylic acids is 2. The zero-order valence-electron chi connectivity index (χ0n) is 12.4. The molecule has 1 atom stereocenters. The number of amides is 2. The molecule has 1 aromatic rings. The summed E-state index contributed by atoms with van der Waals surface area (Å²) in [6.45, 7) is 0.256. The van der Waals surface area contributed by atoms with Crippen LogP contribution in [0.25, 0.3) is 0 Å². The van der Waals surface area contributed by atoms with E-state index in [0.717, 1.165) is 5.56 Å². The molecule has 0 aliphatic rings. The van der Waals surface area contributed by atoms with Gasteiger partial charge in [0.2, 0.25) is 11.8 Å². The first-order chi connectivity index (χ1) is 10.7. The molecule has 1 aromatic carbocycles. The van der Waals surface area contributed by atoms with Crippen molar-refractivity contribution < 1.29 is 14.7 Å². The van der Waals surface area contributed by atoms with Gasteiger partial charge in [-0.1, -0.05) is 30.3 Å². The van der Waals surface area contributed by atoms with E-state index in [2.05, 4.69) is 10.6 Å². The summed E-state index contributed by atoms with van der Waals surface area (Å²) in [5, 5.41) is 22.6. The fourth-order valence-corrected chi connectivity index (χ4v) is 1.95. The molecular formula is C15H20BN3O3. The van der Waals surface area contributed by atoms with E-state index >= 15 is 0 Å². The highest BCUT2D eigenvalue weighted by atomic mass is 16.3. The fraction of sp³-hybridized carbons (Fsp3) is 0.400. The zero-order valence-corrected chi connectivity index (χ0v) is 12.4. The lowest BCUT2D eigenvalue weighted by molar-refractivity contribution is -0.126. The number of nitrogens with zero attached hydrogens (tertiary/aromatic N) is 1. The normalized spacial score (nSPS) is 11.1. The molecule has 0 aromatic heterocycles. The maximum absolute atomic E-state index is 12.1. The molecule has 0 aliphatic carbocycles. The van der Waals surface area contributed by atoms with Crippen LogP contribution in [-0.4, -0.2) is 43.9 Å². The summed E-state index contributed by atoms with van der Waals surface area (Å²) in [6.07, 6.45) is 0.942. The molecule has 1 rings (SSSR count). The van der Waals surface area contributed by atoms with Gasteiger partial charge < -0.3 is 15.7 Å². The third-order valence-electron chi connectivity index (χ3n) is 3.11. The van der Waals surface area contributed by atoms with Crippen LogP contribution >= 0.6 is 0 Å². The quantitative estimate of drug-likeness (QED) is 0.424. The first kappa shape index (κ1) is 17.7. The molecule has 22 heavy (non-hydrogen) atoms. The minimum atomic E-state index is -0.474. The monoisotopic (exact) mass is 301 g/mol. The summed E-state index contributed by atoms with van der Waals surface area (Å²) >= 11 is 0. The Hall–Kier alpha value is -2.33. The average Bonchev–Trinajstić information content (AvgIpc) is 2.53. The van der Waals surface area contributed by atoms with Crippen LogP contribution in [0.4, 0.5) is 0 Å². The maximum atomic E-state index is 12.1. The second-order valence-electron chi connectivity index (χ2n) is 4.89. The molecule has 3 N–H and O–H groups in total. The van der Waals surface area contributed by atoms with E-state index in [4.69, 9.17) is 10.4 Å². The van der Waals surface area contributed by atoms with E-state index < -0.39 is 5.82 Å². The van der Waals surface area contributed by atoms with Crippen molar-refractivity contribution in [2.45, 2.75) is 18.7 Å². The summed E-state index contributed by atoms with van der Waals surface area (Å²) in [7, 11) is 0.104. The number of benzene rings is 1. The van der Waals surface area contributed by atoms with Crippen molar-refractivity contribution in [2.75, 3.05) is 19.7 Å². The van der Waals surface area contributed by atoms with E-state index in [9.17, 15) is 9.59 Å². The lowest BCUT2D eigenvalue weighted by atomic mass is 9.63. The minimum absolute atomic E-state index is 0.00790. The smallest absolute Gasteiger partial charge is 0.263 e. The molecule has 0 saturated carbocycles. The Bertz CT molecular complexity index is 517. The van der Waals surface area contributed by atoms with Crippen LogP contribution in [0.5, 0.6) is 0 Å². The summed E-state index contributed by atoms with van der Waals surface area (Å²) < 4.78 is 0. The standard InChI is InChI=1S/C15H20BN3O3/c17-11-16-13(9-12-5-2-1-3-6-12)15(22)19-10-14(21)18-7-4-8-20/h1-3,5-6,13,16,20H,4,7-10H2,(H,18,21)(H,19,22)/t13-/m0/s1. The minimum Gasteiger partial charge on any atom is -0.396 e. The number of nitrogens with one attached hydrogen (secondary N) is 2. The van der Waals surface area contributed by atoms with Crippen LogP contribution in [0.2, 0.25) is 5.82 Å². The predicted octanol–water partition coefficient (Wildman–Crippen LogP) is -0.450. The topological polar surface area (TPSA) is 102 Å². The van der Waals surface area contributed by atoms with Crippen LogP contribution in [0.15, 0.2) is 30.3 Å². The lowest BCUT2D eigenvalue weighted by Gasteiger charge is -2.13. The van der Waals surface area contributed by atoms with E-state index in [1.807, 2.05) is 36.3 Å². The number of hydrogen-bond acceptors (Lipinski definition) is 4. The lowest BCUT2D eigenvalue weighted by Crippen LogP contribution is -2.40. The highest BCUT2D eigenvalue weighted by Gasteiger charge is 2.20. The van der Waals surface area contributed by atoms with Crippen LogP contribution in [-0.2, 0) is 16.0 Å². The van der Waals surface area contributed by atoms with Gasteiger partial charge in [-0.3, -0.25) is 9.59 Å². The van der Waals surface area contributed by atoms with Gasteiger partial charge in [0, 0.05) is 19.0 Å². The first-order valence-electron chi connectivity index (χ1n) is 7.23. The van der Waals surface area contributed by atoms with E-state index in [-0.39, 0.29) is 32.2 Å². The molecule has 0 radical (unpaired) electrons. The van der Waals surface area contributed by atoms with Crippen LogP contribution in [0.3, 0.4) is 0 Å². The Morgan fingerprint density at radius 2 is 2.00 bits per heavy atom. The molecule has 0 spiro atoms. The third kappa shape index (κ3) is 6.91. The van der Waals surface area contributed by atoms with Crippen molar-refractivity contribution in [1.82, 2.24) is 10.6 Å². The molecule has 0 unspecified atom stereocenters. The van der Waals surface area contributed by atoms with Gasteiger partial charge >= 0.3 is 0 Å². The summed E-state index contributed by atoms with van der Waals surface area (Å²) in [5.74, 6) is 0.924. The third-order valence-corrected chi connectivity index (χ3v) is 3.11. The van der Waals surface area contributed by atoms with E-state index in [1.165, 1.54) is 0 Å². The number of aliphatic hydroxyl groups excluding tert-OH is 1. The second-order valence-corrected chi connectivity index (χ2v) is 4.89. The summed E-state index contributed by atoms with van der Waals surface area (Å²) in [4.78, 5) is 23.6. The summed E-state index contributed by atoms with van der Waals surface area (Å²) in [6, 6.07) is 9.45. The Kier molecular flexibility index (Phi) is 8.39. The average molecular weight is 301 g/mol.